The molecule has 0 spiro atoms. The van der Waals surface area contributed by atoms with E-state index in [1.165, 1.54) is 15.5 Å². The number of phenolic OH excluding ortho intramolecular Hbond substituents is 2. The summed E-state index contributed by atoms with van der Waals surface area (Å²) < 4.78 is 54.9. The zero-order valence-corrected chi connectivity index (χ0v) is 40.4. The molecule has 3 aliphatic rings. The van der Waals surface area contributed by atoms with Gasteiger partial charge in [-0.1, -0.05) is 68.4 Å². The van der Waals surface area contributed by atoms with Crippen molar-refractivity contribution in [2.75, 3.05) is 60.5 Å². The van der Waals surface area contributed by atoms with E-state index in [1.807, 2.05) is 61.6 Å². The standard InChI is InChI=1S/C52H52ClF4N11O4/c1-30(2)38-25-39(44(70)26-43(38)69)47-62-63-48(49(71)59-29-52(55,56)57)68(47)35-12-10-32(11-13-35)24-33-15-19-64(20-16-33)51-60-41-28-65(42-9-5-7-34-6-4-8-40(53)45(34)42)21-17-37(41)46(61-51)66-22-23-67(50(72)31(3)54)36(27-66)14-18-58/h4-13,25-26,30,33,36,69-70H,3,14-17,19-24,27-29H2,1-2H3,(H,59,71). The van der Waals surface area contributed by atoms with Crippen molar-refractivity contribution in [2.24, 2.45) is 5.92 Å². The second kappa shape index (κ2) is 20.3. The molecule has 6 aromatic rings. The Kier molecular flexibility index (Phi) is 14.0. The van der Waals surface area contributed by atoms with Crippen LogP contribution in [0.15, 0.2) is 85.2 Å². The number of piperazine rings is 1. The van der Waals surface area contributed by atoms with Crippen LogP contribution in [0.1, 0.15) is 72.0 Å². The Morgan fingerprint density at radius 3 is 2.36 bits per heavy atom. The molecule has 20 heteroatoms. The highest BCUT2D eigenvalue weighted by Crippen LogP contribution is 2.40. The van der Waals surface area contributed by atoms with Crippen LogP contribution >= 0.6 is 11.6 Å². The number of fused-ring (bicyclic) bond motifs is 2. The van der Waals surface area contributed by atoms with Crippen molar-refractivity contribution in [3.8, 4) is 34.6 Å². The van der Waals surface area contributed by atoms with E-state index in [0.717, 1.165) is 58.0 Å². The maximum atomic E-state index is 14.1. The molecule has 4 aromatic carbocycles. The summed E-state index contributed by atoms with van der Waals surface area (Å²) in [5.74, 6) is -2.54. The van der Waals surface area contributed by atoms with Gasteiger partial charge in [0.05, 0.1) is 41.4 Å². The van der Waals surface area contributed by atoms with Gasteiger partial charge in [0.25, 0.3) is 11.8 Å². The minimum Gasteiger partial charge on any atom is -0.508 e. The second-order valence-electron chi connectivity index (χ2n) is 18.8. The number of anilines is 3. The van der Waals surface area contributed by atoms with Crippen LogP contribution < -0.4 is 20.0 Å². The Hall–Kier alpha value is -7.46. The lowest BCUT2D eigenvalue weighted by atomic mass is 9.90. The van der Waals surface area contributed by atoms with Crippen LogP contribution in [-0.4, -0.2) is 110 Å². The molecule has 2 amide bonds. The average Bonchev–Trinajstić information content (AvgIpc) is 3.80. The first-order valence-electron chi connectivity index (χ1n) is 23.8. The number of aromatic hydroxyl groups is 2. The number of amides is 2. The summed E-state index contributed by atoms with van der Waals surface area (Å²) >= 11 is 6.80. The summed E-state index contributed by atoms with van der Waals surface area (Å²) in [5, 5.41) is 43.8. The molecule has 3 aliphatic heterocycles. The molecule has 5 heterocycles. The summed E-state index contributed by atoms with van der Waals surface area (Å²) in [7, 11) is 0. The van der Waals surface area contributed by atoms with Gasteiger partial charge in [-0.3, -0.25) is 14.2 Å². The molecule has 72 heavy (non-hydrogen) atoms. The molecule has 1 unspecified atom stereocenters. The largest absolute Gasteiger partial charge is 0.508 e. The lowest BCUT2D eigenvalue weighted by Crippen LogP contribution is -2.56. The van der Waals surface area contributed by atoms with E-state index in [2.05, 4.69) is 43.6 Å². The van der Waals surface area contributed by atoms with Crippen molar-refractivity contribution in [3.05, 3.63) is 118 Å². The lowest BCUT2D eigenvalue weighted by Gasteiger charge is -2.42. The fourth-order valence-electron chi connectivity index (χ4n) is 10.1. The quantitative estimate of drug-likeness (QED) is 0.0785. The number of hydrogen-bond donors (Lipinski definition) is 3. The molecule has 15 nitrogen and oxygen atoms in total. The van der Waals surface area contributed by atoms with Crippen LogP contribution in [0.2, 0.25) is 5.02 Å². The molecule has 374 valence electrons. The summed E-state index contributed by atoms with van der Waals surface area (Å²) in [6, 6.07) is 23.4. The molecule has 0 aliphatic carbocycles. The highest BCUT2D eigenvalue weighted by molar-refractivity contribution is 6.36. The number of benzene rings is 4. The van der Waals surface area contributed by atoms with Crippen LogP contribution in [-0.2, 0) is 24.2 Å². The van der Waals surface area contributed by atoms with E-state index in [1.54, 1.807) is 12.1 Å². The normalized spacial score (nSPS) is 16.5. The van der Waals surface area contributed by atoms with Gasteiger partial charge in [0, 0.05) is 67.7 Å². The van der Waals surface area contributed by atoms with Gasteiger partial charge in [-0.25, -0.2) is 9.37 Å². The first-order valence-corrected chi connectivity index (χ1v) is 24.2. The second-order valence-corrected chi connectivity index (χ2v) is 19.2. The van der Waals surface area contributed by atoms with Gasteiger partial charge in [0.15, 0.2) is 11.7 Å². The first-order chi connectivity index (χ1) is 34.5. The van der Waals surface area contributed by atoms with Crippen LogP contribution in [0.5, 0.6) is 11.5 Å². The minimum absolute atomic E-state index is 0.00710. The van der Waals surface area contributed by atoms with Gasteiger partial charge >= 0.3 is 6.18 Å². The molecular formula is C52H52ClF4N11O4. The van der Waals surface area contributed by atoms with Gasteiger partial charge in [0.1, 0.15) is 23.9 Å². The number of alkyl halides is 3. The van der Waals surface area contributed by atoms with Crippen LogP contribution in [0.3, 0.4) is 0 Å². The first kappa shape index (κ1) is 49.5. The van der Waals surface area contributed by atoms with Gasteiger partial charge in [-0.05, 0) is 84.4 Å². The molecule has 2 fully saturated rings. The molecule has 0 saturated carbocycles. The maximum Gasteiger partial charge on any atom is 0.405 e. The van der Waals surface area contributed by atoms with Crippen molar-refractivity contribution < 1.29 is 37.4 Å². The third-order valence-electron chi connectivity index (χ3n) is 13.7. The zero-order chi connectivity index (χ0) is 51.0. The van der Waals surface area contributed by atoms with E-state index in [0.29, 0.717) is 67.8 Å². The predicted molar refractivity (Wildman–Crippen MR) is 265 cm³/mol. The number of nitrogens with zero attached hydrogens (tertiary/aromatic N) is 10. The summed E-state index contributed by atoms with van der Waals surface area (Å²) in [5.41, 5.74) is 4.79. The van der Waals surface area contributed by atoms with E-state index in [9.17, 15) is 42.6 Å². The molecule has 0 bridgehead atoms. The van der Waals surface area contributed by atoms with Gasteiger partial charge < -0.3 is 35.1 Å². The van der Waals surface area contributed by atoms with Gasteiger partial charge in [0.2, 0.25) is 11.8 Å². The number of phenols is 2. The Bertz CT molecular complexity index is 3090. The third kappa shape index (κ3) is 10.2. The number of piperidine rings is 1. The minimum atomic E-state index is -4.67. The highest BCUT2D eigenvalue weighted by atomic mass is 35.5. The molecule has 1 atom stereocenters. The lowest BCUT2D eigenvalue weighted by molar-refractivity contribution is -0.131. The van der Waals surface area contributed by atoms with Crippen molar-refractivity contribution in [1.82, 2.24) is 34.9 Å². The highest BCUT2D eigenvalue weighted by Gasteiger charge is 2.36. The molecule has 3 N–H and O–H groups in total. The molecule has 2 aromatic heterocycles. The van der Waals surface area contributed by atoms with Crippen LogP contribution in [0.4, 0.5) is 35.0 Å². The fourth-order valence-corrected chi connectivity index (χ4v) is 10.4. The molecular weight excluding hydrogens is 954 g/mol. The molecule has 9 rings (SSSR count). The van der Waals surface area contributed by atoms with Gasteiger partial charge in [-0.2, -0.15) is 23.4 Å². The Morgan fingerprint density at radius 1 is 0.931 bits per heavy atom. The topological polar surface area (TPSA) is 180 Å². The summed E-state index contributed by atoms with van der Waals surface area (Å²) in [6.07, 6.45) is -1.74. The SMILES string of the molecule is C=C(F)C(=O)N1CCN(c2nc(N3CCC(Cc4ccc(-n5c(C(=O)NCC(F)(F)F)nnc5-c5cc(C(C)C)c(O)cc5O)cc4)CC3)nc3c2CCN(c2cccc4cccc(Cl)c24)C3)CC1CC#N. The Morgan fingerprint density at radius 2 is 1.67 bits per heavy atom. The molecule has 0 radical (unpaired) electrons. The monoisotopic (exact) mass is 1010 g/mol. The van der Waals surface area contributed by atoms with E-state index < -0.39 is 42.2 Å². The smallest absolute Gasteiger partial charge is 0.405 e. The average molecular weight is 1010 g/mol. The van der Waals surface area contributed by atoms with Crippen molar-refractivity contribution in [3.63, 3.8) is 0 Å². The third-order valence-corrected chi connectivity index (χ3v) is 14.1. The molecule has 2 saturated heterocycles. The predicted octanol–water partition coefficient (Wildman–Crippen LogP) is 8.79. The summed E-state index contributed by atoms with van der Waals surface area (Å²) in [6.45, 7) is 8.61. The van der Waals surface area contributed by atoms with Gasteiger partial charge in [-0.15, -0.1) is 10.2 Å². The number of carbonyl (C=O) groups excluding carboxylic acids is 2. The number of halogens is 5. The van der Waals surface area contributed by atoms with Crippen molar-refractivity contribution in [2.45, 2.75) is 70.6 Å². The fraction of sp³-hybridized carbons (Fsp3) is 0.365. The van der Waals surface area contributed by atoms with E-state index in [-0.39, 0.29) is 54.2 Å². The number of carbonyl (C=O) groups is 2. The number of nitriles is 1. The number of hydrogen-bond acceptors (Lipinski definition) is 12. The zero-order valence-electron chi connectivity index (χ0n) is 39.6. The number of aromatic nitrogens is 5. The van der Waals surface area contributed by atoms with Crippen molar-refractivity contribution >= 4 is 51.6 Å². The number of rotatable bonds is 12. The number of nitrogens with one attached hydrogen (secondary N) is 1. The Balaban J connectivity index is 0.964. The Labute approximate surface area is 418 Å². The van der Waals surface area contributed by atoms with Crippen molar-refractivity contribution in [1.29, 1.82) is 5.26 Å². The van der Waals surface area contributed by atoms with Crippen LogP contribution in [0, 0.1) is 17.2 Å². The van der Waals surface area contributed by atoms with E-state index >= 15 is 0 Å². The van der Waals surface area contributed by atoms with E-state index in [4.69, 9.17) is 21.6 Å². The summed E-state index contributed by atoms with van der Waals surface area (Å²) in [4.78, 5) is 44.4. The van der Waals surface area contributed by atoms with Crippen LogP contribution in [0.25, 0.3) is 27.8 Å². The maximum absolute atomic E-state index is 14.1.